The molecule has 1 unspecified atom stereocenters. The minimum atomic E-state index is -0.478. The van der Waals surface area contributed by atoms with Crippen molar-refractivity contribution < 1.29 is 5.11 Å². The van der Waals surface area contributed by atoms with Crippen molar-refractivity contribution in [3.8, 4) is 0 Å². The van der Waals surface area contributed by atoms with Crippen molar-refractivity contribution in [2.45, 2.75) is 58.0 Å². The monoisotopic (exact) mass is 314 g/mol. The molecule has 0 saturated heterocycles. The fourth-order valence-electron chi connectivity index (χ4n) is 3.29. The highest BCUT2D eigenvalue weighted by molar-refractivity contribution is 6.42. The second-order valence-corrected chi connectivity index (χ2v) is 6.80. The van der Waals surface area contributed by atoms with Gasteiger partial charge in [0.1, 0.15) is 0 Å². The molecule has 1 nitrogen and oxygen atoms in total. The molecule has 0 aromatic heterocycles. The molecular formula is C17H24Cl2O. The lowest BCUT2D eigenvalue weighted by molar-refractivity contribution is 0.0721. The van der Waals surface area contributed by atoms with Crippen LogP contribution in [0.2, 0.25) is 10.0 Å². The van der Waals surface area contributed by atoms with Crippen LogP contribution in [-0.4, -0.2) is 5.11 Å². The van der Waals surface area contributed by atoms with Gasteiger partial charge in [-0.3, -0.25) is 0 Å². The summed E-state index contributed by atoms with van der Waals surface area (Å²) in [6.45, 7) is 2.25. The molecule has 1 aromatic rings. The number of hydrogen-bond donors (Lipinski definition) is 1. The Kier molecular flexibility index (Phi) is 6.20. The summed E-state index contributed by atoms with van der Waals surface area (Å²) in [7, 11) is 0. The molecule has 0 spiro atoms. The number of hydrogen-bond acceptors (Lipinski definition) is 1. The third kappa shape index (κ3) is 3.90. The standard InChI is InChI=1S/C17H24Cl2O/c1-2-3-5-12-8-10-13(11-9-12)17(20)14-6-4-7-15(18)16(14)19/h4,6-7,12-13,17,20H,2-3,5,8-11H2,1H3. The van der Waals surface area contributed by atoms with Gasteiger partial charge in [-0.2, -0.15) is 0 Å². The van der Waals surface area contributed by atoms with Gasteiger partial charge in [0.25, 0.3) is 0 Å². The van der Waals surface area contributed by atoms with Crippen molar-refractivity contribution in [2.75, 3.05) is 0 Å². The minimum absolute atomic E-state index is 0.323. The predicted octanol–water partition coefficient (Wildman–Crippen LogP) is 6.02. The molecule has 1 aromatic carbocycles. The van der Waals surface area contributed by atoms with Crippen LogP contribution in [0.4, 0.5) is 0 Å². The zero-order valence-electron chi connectivity index (χ0n) is 12.1. The first kappa shape index (κ1) is 16.1. The molecule has 2 rings (SSSR count). The van der Waals surface area contributed by atoms with Crippen LogP contribution in [0, 0.1) is 11.8 Å². The summed E-state index contributed by atoms with van der Waals surface area (Å²) in [4.78, 5) is 0. The van der Waals surface area contributed by atoms with E-state index >= 15 is 0 Å². The fourth-order valence-corrected chi connectivity index (χ4v) is 3.71. The van der Waals surface area contributed by atoms with Gasteiger partial charge in [0.2, 0.25) is 0 Å². The summed E-state index contributed by atoms with van der Waals surface area (Å²) < 4.78 is 0. The maximum Gasteiger partial charge on any atom is 0.0833 e. The summed E-state index contributed by atoms with van der Waals surface area (Å²) >= 11 is 12.2. The second-order valence-electron chi connectivity index (χ2n) is 6.01. The Morgan fingerprint density at radius 1 is 1.20 bits per heavy atom. The highest BCUT2D eigenvalue weighted by atomic mass is 35.5. The third-order valence-corrected chi connectivity index (χ3v) is 5.44. The molecule has 20 heavy (non-hydrogen) atoms. The predicted molar refractivity (Wildman–Crippen MR) is 86.4 cm³/mol. The first-order chi connectivity index (χ1) is 9.63. The molecule has 0 bridgehead atoms. The van der Waals surface area contributed by atoms with Crippen LogP contribution in [0.5, 0.6) is 0 Å². The van der Waals surface area contributed by atoms with Crippen LogP contribution in [0.1, 0.15) is 63.5 Å². The Labute approximate surface area is 132 Å². The Hall–Kier alpha value is -0.240. The molecule has 1 aliphatic rings. The van der Waals surface area contributed by atoms with Gasteiger partial charge in [-0.05, 0) is 30.7 Å². The number of aliphatic hydroxyl groups excluding tert-OH is 1. The summed E-state index contributed by atoms with van der Waals surface area (Å²) in [6.07, 6.45) is 8.14. The average Bonchev–Trinajstić information content (AvgIpc) is 2.48. The number of halogens is 2. The van der Waals surface area contributed by atoms with E-state index in [0.29, 0.717) is 16.0 Å². The van der Waals surface area contributed by atoms with E-state index in [-0.39, 0.29) is 0 Å². The first-order valence-electron chi connectivity index (χ1n) is 7.75. The van der Waals surface area contributed by atoms with E-state index in [2.05, 4.69) is 6.92 Å². The number of unbranched alkanes of at least 4 members (excludes halogenated alkanes) is 1. The van der Waals surface area contributed by atoms with Crippen LogP contribution in [0.15, 0.2) is 18.2 Å². The van der Waals surface area contributed by atoms with E-state index in [9.17, 15) is 5.11 Å². The molecule has 0 aliphatic heterocycles. The third-order valence-electron chi connectivity index (χ3n) is 4.60. The topological polar surface area (TPSA) is 20.2 Å². The van der Waals surface area contributed by atoms with Gasteiger partial charge in [-0.1, -0.05) is 74.4 Å². The van der Waals surface area contributed by atoms with Crippen LogP contribution in [0.3, 0.4) is 0 Å². The lowest BCUT2D eigenvalue weighted by Gasteiger charge is -2.32. The first-order valence-corrected chi connectivity index (χ1v) is 8.51. The highest BCUT2D eigenvalue weighted by Crippen LogP contribution is 2.41. The van der Waals surface area contributed by atoms with Crippen molar-refractivity contribution in [1.82, 2.24) is 0 Å². The lowest BCUT2D eigenvalue weighted by Crippen LogP contribution is -2.20. The Bertz CT molecular complexity index is 425. The summed E-state index contributed by atoms with van der Waals surface area (Å²) in [5.41, 5.74) is 0.788. The molecule has 3 heteroatoms. The second kappa shape index (κ2) is 7.68. The van der Waals surface area contributed by atoms with Crippen molar-refractivity contribution in [3.05, 3.63) is 33.8 Å². The smallest absolute Gasteiger partial charge is 0.0833 e. The maximum atomic E-state index is 10.6. The highest BCUT2D eigenvalue weighted by Gasteiger charge is 2.28. The van der Waals surface area contributed by atoms with Crippen LogP contribution in [-0.2, 0) is 0 Å². The summed E-state index contributed by atoms with van der Waals surface area (Å²) in [5, 5.41) is 11.6. The van der Waals surface area contributed by atoms with Crippen LogP contribution >= 0.6 is 23.2 Å². The molecule has 1 N–H and O–H groups in total. The number of rotatable bonds is 5. The van der Waals surface area contributed by atoms with Crippen molar-refractivity contribution >= 4 is 23.2 Å². The minimum Gasteiger partial charge on any atom is -0.388 e. The number of benzene rings is 1. The van der Waals surface area contributed by atoms with Gasteiger partial charge in [0, 0.05) is 5.56 Å². The average molecular weight is 315 g/mol. The Balaban J connectivity index is 1.94. The van der Waals surface area contributed by atoms with E-state index in [1.165, 1.54) is 32.1 Å². The molecule has 0 radical (unpaired) electrons. The van der Waals surface area contributed by atoms with Gasteiger partial charge in [0.15, 0.2) is 0 Å². The van der Waals surface area contributed by atoms with E-state index in [1.807, 2.05) is 12.1 Å². The Morgan fingerprint density at radius 2 is 1.90 bits per heavy atom. The van der Waals surface area contributed by atoms with Gasteiger partial charge in [0.05, 0.1) is 16.1 Å². The molecule has 1 atom stereocenters. The Morgan fingerprint density at radius 3 is 2.55 bits per heavy atom. The molecular weight excluding hydrogens is 291 g/mol. The zero-order chi connectivity index (χ0) is 14.5. The quantitative estimate of drug-likeness (QED) is 0.704. The molecule has 1 saturated carbocycles. The van der Waals surface area contributed by atoms with Gasteiger partial charge >= 0.3 is 0 Å². The van der Waals surface area contributed by atoms with Crippen molar-refractivity contribution in [3.63, 3.8) is 0 Å². The largest absolute Gasteiger partial charge is 0.388 e. The van der Waals surface area contributed by atoms with E-state index < -0.39 is 6.10 Å². The summed E-state index contributed by atoms with van der Waals surface area (Å²) in [6, 6.07) is 5.52. The fraction of sp³-hybridized carbons (Fsp3) is 0.647. The van der Waals surface area contributed by atoms with Gasteiger partial charge in [-0.25, -0.2) is 0 Å². The van der Waals surface area contributed by atoms with Crippen molar-refractivity contribution in [1.29, 1.82) is 0 Å². The molecule has 1 fully saturated rings. The van der Waals surface area contributed by atoms with E-state index in [0.717, 1.165) is 24.3 Å². The lowest BCUT2D eigenvalue weighted by atomic mass is 9.76. The van der Waals surface area contributed by atoms with E-state index in [1.54, 1.807) is 6.07 Å². The number of aliphatic hydroxyl groups is 1. The van der Waals surface area contributed by atoms with Crippen molar-refractivity contribution in [2.24, 2.45) is 11.8 Å². The van der Waals surface area contributed by atoms with E-state index in [4.69, 9.17) is 23.2 Å². The normalized spacial score (nSPS) is 24.6. The van der Waals surface area contributed by atoms with Gasteiger partial charge in [-0.15, -0.1) is 0 Å². The van der Waals surface area contributed by atoms with Crippen LogP contribution < -0.4 is 0 Å². The molecule has 112 valence electrons. The van der Waals surface area contributed by atoms with Gasteiger partial charge < -0.3 is 5.11 Å². The SMILES string of the molecule is CCCCC1CCC(C(O)c2cccc(Cl)c2Cl)CC1. The zero-order valence-corrected chi connectivity index (χ0v) is 13.6. The molecule has 1 aliphatic carbocycles. The summed E-state index contributed by atoms with van der Waals surface area (Å²) in [5.74, 6) is 1.18. The maximum absolute atomic E-state index is 10.6. The molecule has 0 heterocycles. The van der Waals surface area contributed by atoms with Crippen LogP contribution in [0.25, 0.3) is 0 Å². The molecule has 0 amide bonds.